The van der Waals surface area contributed by atoms with Crippen LogP contribution >= 0.6 is 0 Å². The van der Waals surface area contributed by atoms with E-state index in [4.69, 9.17) is 0 Å². The third-order valence-electron chi connectivity index (χ3n) is 12.3. The van der Waals surface area contributed by atoms with Gasteiger partial charge in [-0.05, 0) is 82.2 Å². The molecule has 0 unspecified atom stereocenters. The smallest absolute Gasteiger partial charge is 0.0775 e. The van der Waals surface area contributed by atoms with Crippen molar-refractivity contribution in [2.45, 2.75) is 78.6 Å². The Labute approximate surface area is 363 Å². The SMILES string of the molecule is C[Si](C)(C)c1ccc(N(c2ccc([Si](C)(C)C)cc2)c2cc3cc(N(c4ccc([Si](C)(C)C)cc4)c4ccc([Si](C)(C)C)cc4)c4ccccc4c3c3ccccc23)cc1. The molecule has 0 bridgehead atoms. The van der Waals surface area contributed by atoms with E-state index in [-0.39, 0.29) is 0 Å². The first-order chi connectivity index (χ1) is 28.3. The van der Waals surface area contributed by atoms with Crippen LogP contribution in [0.1, 0.15) is 0 Å². The molecular formula is C54H62N2Si4. The van der Waals surface area contributed by atoms with Crippen LogP contribution in [-0.2, 0) is 0 Å². The molecule has 0 aromatic heterocycles. The Balaban J connectivity index is 1.43. The molecule has 6 heteroatoms. The highest BCUT2D eigenvalue weighted by molar-refractivity contribution is 6.90. The van der Waals surface area contributed by atoms with Crippen LogP contribution in [0.3, 0.4) is 0 Å². The number of nitrogens with zero attached hydrogens (tertiary/aromatic N) is 2. The summed E-state index contributed by atoms with van der Waals surface area (Å²) in [7, 11) is -5.99. The van der Waals surface area contributed by atoms with Crippen molar-refractivity contribution in [2.24, 2.45) is 0 Å². The van der Waals surface area contributed by atoms with Crippen LogP contribution in [-0.4, -0.2) is 32.3 Å². The van der Waals surface area contributed by atoms with Crippen LogP contribution in [0.25, 0.3) is 32.3 Å². The van der Waals surface area contributed by atoms with Crippen molar-refractivity contribution in [1.82, 2.24) is 0 Å². The molecule has 0 saturated carbocycles. The van der Waals surface area contributed by atoms with Crippen molar-refractivity contribution in [2.75, 3.05) is 9.80 Å². The fourth-order valence-corrected chi connectivity index (χ4v) is 13.3. The van der Waals surface area contributed by atoms with E-state index >= 15 is 0 Å². The number of hydrogen-bond acceptors (Lipinski definition) is 2. The molecule has 0 N–H and O–H groups in total. The van der Waals surface area contributed by atoms with E-state index in [9.17, 15) is 0 Å². The summed E-state index contributed by atoms with van der Waals surface area (Å²) in [5, 5.41) is 13.4. The van der Waals surface area contributed by atoms with Gasteiger partial charge in [-0.2, -0.15) is 0 Å². The second-order valence-corrected chi connectivity index (χ2v) is 41.1. The topological polar surface area (TPSA) is 6.48 Å². The minimum absolute atomic E-state index is 1.18. The number of anilines is 6. The highest BCUT2D eigenvalue weighted by Gasteiger charge is 2.25. The van der Waals surface area contributed by atoms with E-state index in [1.54, 1.807) is 0 Å². The summed E-state index contributed by atoms with van der Waals surface area (Å²) < 4.78 is 0. The Hall–Kier alpha value is -4.99. The van der Waals surface area contributed by atoms with Gasteiger partial charge in [0, 0.05) is 33.5 Å². The Morgan fingerprint density at radius 1 is 0.283 bits per heavy atom. The van der Waals surface area contributed by atoms with Gasteiger partial charge in [-0.25, -0.2) is 0 Å². The maximum Gasteiger partial charge on any atom is 0.0775 e. The zero-order valence-corrected chi connectivity index (χ0v) is 41.9. The monoisotopic (exact) mass is 850 g/mol. The van der Waals surface area contributed by atoms with Crippen molar-refractivity contribution in [3.8, 4) is 0 Å². The molecule has 0 radical (unpaired) electrons. The minimum atomic E-state index is -1.50. The number of rotatable bonds is 10. The summed E-state index contributed by atoms with van der Waals surface area (Å²) in [4.78, 5) is 5.00. The lowest BCUT2D eigenvalue weighted by atomic mass is 9.93. The van der Waals surface area contributed by atoms with Gasteiger partial charge in [-0.3, -0.25) is 0 Å². The van der Waals surface area contributed by atoms with Gasteiger partial charge < -0.3 is 9.80 Å². The second-order valence-electron chi connectivity index (χ2n) is 20.8. The standard InChI is InChI=1S/C54H62N2Si4/c1-57(2,3)44-29-21-40(22-30-44)55(41-23-31-45(32-24-41)58(4,5)6)52-37-39-38-53(49-18-14-16-20-51(49)54(39)50-19-15-13-17-48(50)52)56(42-25-33-46(34-26-42)59(7,8)9)43-27-35-47(36-28-43)60(10,11)12/h13-38H,1-12H3. The Bertz CT molecular complexity index is 2510. The number of benzene rings is 8. The van der Waals surface area contributed by atoms with E-state index in [1.807, 2.05) is 0 Å². The first-order valence-corrected chi connectivity index (χ1v) is 35.7. The average Bonchev–Trinajstić information content (AvgIpc) is 3.20. The van der Waals surface area contributed by atoms with Gasteiger partial charge in [0.25, 0.3) is 0 Å². The molecule has 0 aliphatic heterocycles. The van der Waals surface area contributed by atoms with E-state index in [0.717, 1.165) is 0 Å². The molecular weight excluding hydrogens is 789 g/mol. The summed E-state index contributed by atoms with van der Waals surface area (Å²) in [6.07, 6.45) is 0. The van der Waals surface area contributed by atoms with E-state index in [1.165, 1.54) is 87.2 Å². The van der Waals surface area contributed by atoms with Gasteiger partial charge in [0.2, 0.25) is 0 Å². The normalized spacial score (nSPS) is 12.7. The molecule has 60 heavy (non-hydrogen) atoms. The molecule has 0 heterocycles. The van der Waals surface area contributed by atoms with Gasteiger partial charge in [0.1, 0.15) is 0 Å². The summed E-state index contributed by atoms with van der Waals surface area (Å²) >= 11 is 0. The van der Waals surface area contributed by atoms with E-state index in [2.05, 4.69) is 246 Å². The maximum absolute atomic E-state index is 2.50. The highest BCUT2D eigenvalue weighted by atomic mass is 28.3. The molecule has 8 aromatic rings. The first-order valence-electron chi connectivity index (χ1n) is 21.7. The maximum atomic E-state index is 2.50. The molecule has 2 nitrogen and oxygen atoms in total. The van der Waals surface area contributed by atoms with Gasteiger partial charge in [-0.15, -0.1) is 0 Å². The summed E-state index contributed by atoms with van der Waals surface area (Å²) in [5.41, 5.74) is 7.08. The summed E-state index contributed by atoms with van der Waals surface area (Å²) in [6.45, 7) is 29.1. The quantitative estimate of drug-likeness (QED) is 0.0999. The van der Waals surface area contributed by atoms with Crippen molar-refractivity contribution >= 4 is 119 Å². The highest BCUT2D eigenvalue weighted by Crippen LogP contribution is 2.47. The first kappa shape index (κ1) is 41.7. The van der Waals surface area contributed by atoms with Crippen LogP contribution in [0.2, 0.25) is 78.6 Å². The van der Waals surface area contributed by atoms with Gasteiger partial charge in [0.05, 0.1) is 43.7 Å². The lowest BCUT2D eigenvalue weighted by Crippen LogP contribution is -2.37. The fourth-order valence-electron chi connectivity index (χ4n) is 8.61. The van der Waals surface area contributed by atoms with Crippen LogP contribution in [0.4, 0.5) is 34.1 Å². The van der Waals surface area contributed by atoms with E-state index in [0.29, 0.717) is 0 Å². The minimum Gasteiger partial charge on any atom is -0.310 e. The number of fused-ring (bicyclic) bond motifs is 5. The molecule has 0 aliphatic carbocycles. The Kier molecular flexibility index (Phi) is 10.8. The van der Waals surface area contributed by atoms with Crippen molar-refractivity contribution in [3.05, 3.63) is 158 Å². The largest absolute Gasteiger partial charge is 0.310 e. The van der Waals surface area contributed by atoms with Crippen LogP contribution < -0.4 is 30.5 Å². The van der Waals surface area contributed by atoms with Crippen LogP contribution in [0.5, 0.6) is 0 Å². The third-order valence-corrected chi connectivity index (χ3v) is 20.5. The fraction of sp³-hybridized carbons (Fsp3) is 0.222. The van der Waals surface area contributed by atoms with Crippen molar-refractivity contribution < 1.29 is 0 Å². The molecule has 0 spiro atoms. The molecule has 8 rings (SSSR count). The lowest BCUT2D eigenvalue weighted by molar-refractivity contribution is 1.30. The molecule has 0 amide bonds. The number of hydrogen-bond donors (Lipinski definition) is 0. The predicted octanol–water partition coefficient (Wildman–Crippen LogP) is 14.3. The van der Waals surface area contributed by atoms with Crippen LogP contribution in [0.15, 0.2) is 158 Å². The molecule has 0 fully saturated rings. The predicted molar refractivity (Wildman–Crippen MR) is 280 cm³/mol. The summed E-state index contributed by atoms with van der Waals surface area (Å²) in [6, 6.07) is 60.8. The second kappa shape index (κ2) is 15.5. The van der Waals surface area contributed by atoms with Gasteiger partial charge >= 0.3 is 0 Å². The average molecular weight is 851 g/mol. The van der Waals surface area contributed by atoms with E-state index < -0.39 is 32.3 Å². The lowest BCUT2D eigenvalue weighted by Gasteiger charge is -2.31. The van der Waals surface area contributed by atoms with Gasteiger partial charge in [-0.1, -0.05) is 196 Å². The molecule has 0 aliphatic rings. The molecule has 0 saturated heterocycles. The molecule has 0 atom stereocenters. The zero-order chi connectivity index (χ0) is 42.8. The zero-order valence-electron chi connectivity index (χ0n) is 37.9. The molecule has 304 valence electrons. The molecule has 8 aromatic carbocycles. The van der Waals surface area contributed by atoms with Gasteiger partial charge in [0.15, 0.2) is 0 Å². The van der Waals surface area contributed by atoms with Crippen molar-refractivity contribution in [3.63, 3.8) is 0 Å². The summed E-state index contributed by atoms with van der Waals surface area (Å²) in [5.74, 6) is 0. The van der Waals surface area contributed by atoms with Crippen molar-refractivity contribution in [1.29, 1.82) is 0 Å². The Morgan fingerprint density at radius 2 is 0.517 bits per heavy atom. The Morgan fingerprint density at radius 3 is 0.750 bits per heavy atom. The third kappa shape index (κ3) is 8.10. The van der Waals surface area contributed by atoms with Crippen LogP contribution in [0, 0.1) is 0 Å².